The third-order valence-corrected chi connectivity index (χ3v) is 24.4. The molecule has 14 aromatic carbocycles. The zero-order valence-electron chi connectivity index (χ0n) is 67.4. The highest BCUT2D eigenvalue weighted by molar-refractivity contribution is 7.26. The van der Waals surface area contributed by atoms with Crippen LogP contribution in [0.4, 0.5) is 34.1 Å². The molecule has 0 radical (unpaired) electrons. The standard InChI is InChI=1S/C101H82BN5OS/c1-98(2,3)64-35-44-82(74(53-64)61-24-15-13-16-25-61)106-87-57-68(104-81-32-21-19-28-71(81)76-50-60(59-103)34-43-84(76)104)39-41-79(87)102-80-42-40-69(105-85-46-37-66(100(7,8)9)55-77(85)78-56-67(101(10,11)12)38-47-86(78)105)58-88(80)107(83-45-36-65(99(4,5)6)54-75(83)62-26-17-14-18-27-62)90-52-63(51-89(106)96(90)102)70-30-23-31-73-94-91(108-97(70)73)48-49-93-95(94)72-29-20-22-33-92(72)109-93/h13-58H,1-12H3/i19D,21D,28D,32D. The quantitative estimate of drug-likeness (QED) is 0.149. The number of furan rings is 1. The van der Waals surface area contributed by atoms with Gasteiger partial charge in [-0.3, -0.25) is 0 Å². The van der Waals surface area contributed by atoms with E-state index in [1.807, 2.05) is 22.0 Å². The zero-order chi connectivity index (χ0) is 78.0. The number of nitrogens with zero attached hydrogens (tertiary/aromatic N) is 5. The fourth-order valence-electron chi connectivity index (χ4n) is 17.6. The van der Waals surface area contributed by atoms with Crippen LogP contribution in [-0.2, 0) is 21.7 Å². The number of hydrogen-bond donors (Lipinski definition) is 0. The van der Waals surface area contributed by atoms with Crippen molar-refractivity contribution in [3.63, 3.8) is 0 Å². The van der Waals surface area contributed by atoms with Gasteiger partial charge in [0.25, 0.3) is 6.71 Å². The molecular formula is C101H82BN5OS. The summed E-state index contributed by atoms with van der Waals surface area (Å²) in [5.41, 5.74) is 26.4. The fraction of sp³-hybridized carbons (Fsp3) is 0.158. The second-order valence-electron chi connectivity index (χ2n) is 34.1. The Labute approximate surface area is 646 Å². The fourth-order valence-corrected chi connectivity index (χ4v) is 18.7. The van der Waals surface area contributed by atoms with Crippen LogP contribution in [0, 0.1) is 11.3 Å². The summed E-state index contributed by atoms with van der Waals surface area (Å²) in [5, 5.41) is 18.3. The van der Waals surface area contributed by atoms with Crippen molar-refractivity contribution >= 4 is 154 Å². The van der Waals surface area contributed by atoms with Gasteiger partial charge in [0.05, 0.1) is 50.6 Å². The molecule has 0 bridgehead atoms. The molecule has 8 heteroatoms. The Morgan fingerprint density at radius 3 is 1.42 bits per heavy atom. The molecule has 0 atom stereocenters. The largest absolute Gasteiger partial charge is 0.455 e. The van der Waals surface area contributed by atoms with Crippen LogP contribution in [0.25, 0.3) is 130 Å². The van der Waals surface area contributed by atoms with Gasteiger partial charge in [0, 0.05) is 103 Å². The Morgan fingerprint density at radius 2 is 0.862 bits per heavy atom. The molecule has 0 fully saturated rings. The number of fused-ring (bicyclic) bond motifs is 17. The second kappa shape index (κ2) is 23.9. The molecule has 6 heterocycles. The zero-order valence-corrected chi connectivity index (χ0v) is 64.2. The van der Waals surface area contributed by atoms with Gasteiger partial charge in [-0.2, -0.15) is 5.26 Å². The van der Waals surface area contributed by atoms with Crippen molar-refractivity contribution in [2.75, 3.05) is 9.80 Å². The number of rotatable bonds is 7. The van der Waals surface area contributed by atoms with Crippen LogP contribution in [0.3, 0.4) is 0 Å². The molecule has 0 amide bonds. The van der Waals surface area contributed by atoms with E-state index in [1.165, 1.54) is 53.2 Å². The lowest BCUT2D eigenvalue weighted by atomic mass is 9.33. The van der Waals surface area contributed by atoms with Gasteiger partial charge in [0.15, 0.2) is 0 Å². The van der Waals surface area contributed by atoms with Crippen molar-refractivity contribution in [2.45, 2.75) is 105 Å². The van der Waals surface area contributed by atoms with Gasteiger partial charge < -0.3 is 23.4 Å². The van der Waals surface area contributed by atoms with E-state index in [-0.39, 0.29) is 45.8 Å². The minimum Gasteiger partial charge on any atom is -0.455 e. The minimum absolute atomic E-state index is 0.104. The molecule has 0 unspecified atom stereocenters. The van der Waals surface area contributed by atoms with Gasteiger partial charge >= 0.3 is 0 Å². The summed E-state index contributed by atoms with van der Waals surface area (Å²) in [7, 11) is 0. The van der Waals surface area contributed by atoms with Crippen LogP contribution in [0.2, 0.25) is 0 Å². The van der Waals surface area contributed by atoms with E-state index in [2.05, 4.69) is 340 Å². The molecule has 0 saturated carbocycles. The van der Waals surface area contributed by atoms with Crippen molar-refractivity contribution in [3.05, 3.63) is 307 Å². The van der Waals surface area contributed by atoms with E-state index in [1.54, 1.807) is 12.1 Å². The van der Waals surface area contributed by atoms with Crippen molar-refractivity contribution in [1.82, 2.24) is 9.13 Å². The monoisotopic (exact) mass is 1430 g/mol. The number of aromatic nitrogens is 2. The molecule has 20 rings (SSSR count). The van der Waals surface area contributed by atoms with Crippen LogP contribution in [0.1, 0.15) is 116 Å². The van der Waals surface area contributed by atoms with E-state index < -0.39 is 6.71 Å². The number of para-hydroxylation sites is 2. The molecule has 526 valence electrons. The lowest BCUT2D eigenvalue weighted by Gasteiger charge is -2.45. The molecule has 0 N–H and O–H groups in total. The summed E-state index contributed by atoms with van der Waals surface area (Å²) in [5.74, 6) is 0. The first-order valence-electron chi connectivity index (χ1n) is 40.0. The van der Waals surface area contributed by atoms with Gasteiger partial charge in [-0.15, -0.1) is 11.3 Å². The van der Waals surface area contributed by atoms with Gasteiger partial charge in [0.1, 0.15) is 11.2 Å². The highest BCUT2D eigenvalue weighted by Gasteiger charge is 2.46. The second-order valence-corrected chi connectivity index (χ2v) is 35.2. The summed E-state index contributed by atoms with van der Waals surface area (Å²) in [6.07, 6.45) is 0. The first-order valence-corrected chi connectivity index (χ1v) is 38.8. The van der Waals surface area contributed by atoms with Gasteiger partial charge in [-0.25, -0.2) is 0 Å². The SMILES string of the molecule is [2H]c1c([2H])c([2H])c2c(c1[2H])c1cc(C#N)ccc1n2-c1ccc2c(c1)N(c1ccc(C(C)(C)C)cc1-c1ccccc1)c1cc(-c3cccc4c3oc3ccc5sc6ccccc6c5c34)cc3c1B2c1ccc(-n2c4ccc(C(C)(C)C)cc4c4cc(C(C)(C)C)ccc42)cc1N3c1ccc(C(C)(C)C)cc1-c1ccccc1. The van der Waals surface area contributed by atoms with E-state index in [4.69, 9.17) is 5.79 Å². The predicted octanol–water partition coefficient (Wildman–Crippen LogP) is 26.3. The molecular weight excluding hydrogens is 1340 g/mol. The van der Waals surface area contributed by atoms with Crippen molar-refractivity contribution in [1.29, 1.82) is 5.26 Å². The highest BCUT2D eigenvalue weighted by atomic mass is 32.1. The predicted molar refractivity (Wildman–Crippen MR) is 465 cm³/mol. The number of anilines is 6. The average Bonchev–Trinajstić information content (AvgIpc) is 0.927. The summed E-state index contributed by atoms with van der Waals surface area (Å²) in [6, 6.07) is 95.2. The summed E-state index contributed by atoms with van der Waals surface area (Å²) >= 11 is 1.81. The van der Waals surface area contributed by atoms with Crippen molar-refractivity contribution < 1.29 is 9.90 Å². The summed E-state index contributed by atoms with van der Waals surface area (Å²) in [6.45, 7) is 27.1. The molecule has 4 aromatic heterocycles. The summed E-state index contributed by atoms with van der Waals surface area (Å²) < 4.78 is 52.2. The highest BCUT2D eigenvalue weighted by Crippen LogP contribution is 2.54. The van der Waals surface area contributed by atoms with Gasteiger partial charge in [-0.1, -0.05) is 235 Å². The van der Waals surface area contributed by atoms with Crippen LogP contribution in [0.5, 0.6) is 0 Å². The Morgan fingerprint density at radius 1 is 0.367 bits per heavy atom. The molecule has 2 aliphatic heterocycles. The smallest absolute Gasteiger partial charge is 0.252 e. The summed E-state index contributed by atoms with van der Waals surface area (Å²) in [4.78, 5) is 5.09. The Kier molecular flexibility index (Phi) is 13.6. The Bertz CT molecular complexity index is 7120. The number of thiophene rings is 1. The lowest BCUT2D eigenvalue weighted by Crippen LogP contribution is -2.61. The number of benzene rings is 14. The first kappa shape index (κ1) is 61.9. The molecule has 0 spiro atoms. The number of hydrogen-bond acceptors (Lipinski definition) is 5. The molecule has 0 aliphatic carbocycles. The molecule has 0 saturated heterocycles. The average molecular weight is 1430 g/mol. The topological polar surface area (TPSA) is 53.3 Å². The van der Waals surface area contributed by atoms with Crippen molar-refractivity contribution in [2.24, 2.45) is 0 Å². The lowest BCUT2D eigenvalue weighted by molar-refractivity contribution is 0.590. The molecule has 6 nitrogen and oxygen atoms in total. The van der Waals surface area contributed by atoms with Crippen LogP contribution in [-0.4, -0.2) is 15.8 Å². The van der Waals surface area contributed by atoms with Crippen LogP contribution >= 0.6 is 11.3 Å². The molecule has 109 heavy (non-hydrogen) atoms. The maximum absolute atomic E-state index is 10.5. The third kappa shape index (κ3) is 10.3. The maximum atomic E-state index is 10.5. The van der Waals surface area contributed by atoms with E-state index in [9.17, 15) is 9.37 Å². The van der Waals surface area contributed by atoms with Crippen LogP contribution < -0.4 is 26.2 Å². The van der Waals surface area contributed by atoms with Crippen molar-refractivity contribution in [3.8, 4) is 50.8 Å². The number of nitriles is 1. The molecule has 2 aliphatic rings. The minimum atomic E-state index is -0.421. The Hall–Kier alpha value is -12.1. The normalized spacial score (nSPS) is 13.8. The van der Waals surface area contributed by atoms with Crippen LogP contribution in [0.15, 0.2) is 283 Å². The third-order valence-electron chi connectivity index (χ3n) is 23.3. The van der Waals surface area contributed by atoms with E-state index in [0.29, 0.717) is 33.1 Å². The maximum Gasteiger partial charge on any atom is 0.252 e. The Balaban J connectivity index is 0.962. The first-order chi connectivity index (χ1) is 54.2. The van der Waals surface area contributed by atoms with Gasteiger partial charge in [-0.05, 0) is 204 Å². The van der Waals surface area contributed by atoms with E-state index in [0.717, 1.165) is 123 Å². The van der Waals surface area contributed by atoms with E-state index >= 15 is 0 Å². The molecule has 18 aromatic rings. The van der Waals surface area contributed by atoms with Gasteiger partial charge in [0.2, 0.25) is 0 Å².